The summed E-state index contributed by atoms with van der Waals surface area (Å²) in [4.78, 5) is 38.9. The number of ether oxygens (including phenoxy) is 1. The van der Waals surface area contributed by atoms with Gasteiger partial charge in [-0.25, -0.2) is 4.79 Å². The van der Waals surface area contributed by atoms with Crippen LogP contribution in [0.25, 0.3) is 0 Å². The predicted octanol–water partition coefficient (Wildman–Crippen LogP) is 2.39. The highest BCUT2D eigenvalue weighted by atomic mass is 16.5. The van der Waals surface area contributed by atoms with Crippen molar-refractivity contribution < 1.29 is 19.1 Å². The number of amides is 4. The molecule has 2 fully saturated rings. The zero-order valence-electron chi connectivity index (χ0n) is 17.7. The second-order valence-corrected chi connectivity index (χ2v) is 9.07. The molecule has 1 aromatic rings. The van der Waals surface area contributed by atoms with Gasteiger partial charge in [-0.2, -0.15) is 0 Å². The molecule has 158 valence electrons. The van der Waals surface area contributed by atoms with Crippen molar-refractivity contribution in [2.75, 3.05) is 13.1 Å². The Morgan fingerprint density at radius 2 is 1.83 bits per heavy atom. The van der Waals surface area contributed by atoms with Gasteiger partial charge < -0.3 is 15.4 Å². The average molecular weight is 402 g/mol. The third-order valence-corrected chi connectivity index (χ3v) is 5.78. The maximum absolute atomic E-state index is 13.1. The third-order valence-electron chi connectivity index (χ3n) is 5.78. The van der Waals surface area contributed by atoms with Gasteiger partial charge in [0.2, 0.25) is 5.91 Å². The highest BCUT2D eigenvalue weighted by Crippen LogP contribution is 2.47. The second-order valence-electron chi connectivity index (χ2n) is 9.07. The molecule has 7 heteroatoms. The lowest BCUT2D eigenvalue weighted by molar-refractivity contribution is -0.140. The van der Waals surface area contributed by atoms with Gasteiger partial charge >= 0.3 is 6.03 Å². The summed E-state index contributed by atoms with van der Waals surface area (Å²) in [6.45, 7) is 7.64. The Morgan fingerprint density at radius 1 is 1.14 bits per heavy atom. The lowest BCUT2D eigenvalue weighted by atomic mass is 9.79. The SMILES string of the molecule is CC1(C)C[C@]2(NC(=O)N(CC(=O)NCCCCc3ccccc3)C2=O)C(C)(C)O1. The number of unbranched alkanes of at least 4 members (excludes halogenated alkanes) is 1. The smallest absolute Gasteiger partial charge is 0.325 e. The molecule has 2 aliphatic rings. The van der Waals surface area contributed by atoms with Crippen LogP contribution >= 0.6 is 0 Å². The first-order valence-electron chi connectivity index (χ1n) is 10.2. The number of imide groups is 1. The quantitative estimate of drug-likeness (QED) is 0.542. The fourth-order valence-electron chi connectivity index (χ4n) is 4.49. The highest BCUT2D eigenvalue weighted by Gasteiger charge is 2.67. The van der Waals surface area contributed by atoms with E-state index in [1.54, 1.807) is 13.8 Å². The molecule has 0 saturated carbocycles. The van der Waals surface area contributed by atoms with E-state index in [-0.39, 0.29) is 12.5 Å². The summed E-state index contributed by atoms with van der Waals surface area (Å²) < 4.78 is 6.01. The van der Waals surface area contributed by atoms with Crippen molar-refractivity contribution in [2.45, 2.75) is 70.1 Å². The fraction of sp³-hybridized carbons (Fsp3) is 0.591. The molecule has 0 unspecified atom stereocenters. The lowest BCUT2D eigenvalue weighted by Gasteiger charge is -2.33. The molecule has 0 radical (unpaired) electrons. The first-order chi connectivity index (χ1) is 13.6. The minimum Gasteiger partial charge on any atom is -0.367 e. The van der Waals surface area contributed by atoms with E-state index in [4.69, 9.17) is 4.74 Å². The van der Waals surface area contributed by atoms with E-state index >= 15 is 0 Å². The Balaban J connectivity index is 1.49. The summed E-state index contributed by atoms with van der Waals surface area (Å²) in [6, 6.07) is 9.65. The number of aryl methyl sites for hydroxylation is 1. The van der Waals surface area contributed by atoms with Crippen molar-refractivity contribution in [3.63, 3.8) is 0 Å². The van der Waals surface area contributed by atoms with Gasteiger partial charge in [-0.05, 0) is 52.5 Å². The van der Waals surface area contributed by atoms with Crippen LogP contribution in [-0.2, 0) is 20.7 Å². The van der Waals surface area contributed by atoms with Gasteiger partial charge in [-0.3, -0.25) is 14.5 Å². The molecule has 29 heavy (non-hydrogen) atoms. The normalized spacial score (nSPS) is 24.8. The number of benzene rings is 1. The van der Waals surface area contributed by atoms with Crippen molar-refractivity contribution in [1.82, 2.24) is 15.5 Å². The summed E-state index contributed by atoms with van der Waals surface area (Å²) in [6.07, 6.45) is 3.11. The fourth-order valence-corrected chi connectivity index (χ4v) is 4.49. The Morgan fingerprint density at radius 3 is 2.45 bits per heavy atom. The number of hydrogen-bond acceptors (Lipinski definition) is 4. The van der Waals surface area contributed by atoms with E-state index in [9.17, 15) is 14.4 Å². The van der Waals surface area contributed by atoms with Gasteiger partial charge in [0.25, 0.3) is 5.91 Å². The molecule has 1 atom stereocenters. The van der Waals surface area contributed by atoms with Crippen LogP contribution in [0.5, 0.6) is 0 Å². The average Bonchev–Trinajstić information content (AvgIpc) is 2.97. The van der Waals surface area contributed by atoms with Crippen molar-refractivity contribution in [3.8, 4) is 0 Å². The summed E-state index contributed by atoms with van der Waals surface area (Å²) >= 11 is 0. The second kappa shape index (κ2) is 7.78. The van der Waals surface area contributed by atoms with E-state index < -0.39 is 28.7 Å². The number of urea groups is 1. The minimum atomic E-state index is -1.14. The van der Waals surface area contributed by atoms with Gasteiger partial charge in [0.05, 0.1) is 11.2 Å². The van der Waals surface area contributed by atoms with Gasteiger partial charge in [-0.15, -0.1) is 0 Å². The molecule has 4 amide bonds. The molecule has 2 saturated heterocycles. The highest BCUT2D eigenvalue weighted by molar-refractivity contribution is 6.10. The number of carbonyl (C=O) groups excluding carboxylic acids is 3. The van der Waals surface area contributed by atoms with Gasteiger partial charge in [0.15, 0.2) is 5.54 Å². The van der Waals surface area contributed by atoms with Crippen LogP contribution < -0.4 is 10.6 Å². The first kappa shape index (κ1) is 21.3. The van der Waals surface area contributed by atoms with E-state index in [0.717, 1.165) is 24.2 Å². The van der Waals surface area contributed by atoms with Crippen LogP contribution in [0.2, 0.25) is 0 Å². The number of carbonyl (C=O) groups is 3. The van der Waals surface area contributed by atoms with E-state index in [1.807, 2.05) is 32.0 Å². The van der Waals surface area contributed by atoms with Crippen molar-refractivity contribution in [1.29, 1.82) is 0 Å². The van der Waals surface area contributed by atoms with Crippen LogP contribution in [-0.4, -0.2) is 52.6 Å². The standard InChI is InChI=1S/C22H31N3O4/c1-20(2)15-22(21(3,4)29-20)18(27)25(19(28)24-22)14-17(26)23-13-9-8-12-16-10-6-5-7-11-16/h5-7,10-11H,8-9,12-15H2,1-4H3,(H,23,26)(H,24,28)/t22-/m1/s1. The number of hydrogen-bond donors (Lipinski definition) is 2. The maximum Gasteiger partial charge on any atom is 0.325 e. The molecule has 0 aromatic heterocycles. The van der Waals surface area contributed by atoms with E-state index in [1.165, 1.54) is 5.56 Å². The third kappa shape index (κ3) is 4.29. The van der Waals surface area contributed by atoms with Gasteiger partial charge in [0, 0.05) is 13.0 Å². The van der Waals surface area contributed by atoms with Crippen LogP contribution in [0.3, 0.4) is 0 Å². The largest absolute Gasteiger partial charge is 0.367 e. The summed E-state index contributed by atoms with van der Waals surface area (Å²) in [7, 11) is 0. The molecule has 1 aromatic carbocycles. The Bertz CT molecular complexity index is 791. The van der Waals surface area contributed by atoms with Gasteiger partial charge in [0.1, 0.15) is 6.54 Å². The van der Waals surface area contributed by atoms with Crippen LogP contribution in [0.1, 0.15) is 52.5 Å². The zero-order chi connectivity index (χ0) is 21.3. The van der Waals surface area contributed by atoms with Gasteiger partial charge in [-0.1, -0.05) is 30.3 Å². The molecular weight excluding hydrogens is 370 g/mol. The molecule has 2 aliphatic heterocycles. The molecule has 7 nitrogen and oxygen atoms in total. The maximum atomic E-state index is 13.1. The monoisotopic (exact) mass is 401 g/mol. The van der Waals surface area contributed by atoms with Crippen molar-refractivity contribution in [2.24, 2.45) is 0 Å². The number of rotatable bonds is 7. The molecule has 2 N–H and O–H groups in total. The molecule has 3 rings (SSSR count). The van der Waals surface area contributed by atoms with Crippen LogP contribution in [0, 0.1) is 0 Å². The summed E-state index contributed by atoms with van der Waals surface area (Å²) in [5.41, 5.74) is -1.26. The molecular formula is C22H31N3O4. The number of nitrogens with one attached hydrogen (secondary N) is 2. The molecule has 0 bridgehead atoms. The Labute approximate surface area is 172 Å². The first-order valence-corrected chi connectivity index (χ1v) is 10.2. The minimum absolute atomic E-state index is 0.276. The zero-order valence-corrected chi connectivity index (χ0v) is 17.7. The lowest BCUT2D eigenvalue weighted by Crippen LogP contribution is -2.59. The van der Waals surface area contributed by atoms with E-state index in [0.29, 0.717) is 13.0 Å². The van der Waals surface area contributed by atoms with E-state index in [2.05, 4.69) is 22.8 Å². The topological polar surface area (TPSA) is 87.7 Å². The molecule has 0 aliphatic carbocycles. The van der Waals surface area contributed by atoms with Crippen molar-refractivity contribution in [3.05, 3.63) is 35.9 Å². The van der Waals surface area contributed by atoms with Crippen LogP contribution in [0.15, 0.2) is 30.3 Å². The van der Waals surface area contributed by atoms with Crippen molar-refractivity contribution >= 4 is 17.8 Å². The Hall–Kier alpha value is -2.41. The summed E-state index contributed by atoms with van der Waals surface area (Å²) in [5, 5.41) is 5.62. The molecule has 2 heterocycles. The molecule has 1 spiro atoms. The van der Waals surface area contributed by atoms with Crippen LogP contribution in [0.4, 0.5) is 4.79 Å². The summed E-state index contributed by atoms with van der Waals surface area (Å²) in [5.74, 6) is -0.724. The number of nitrogens with zero attached hydrogens (tertiary/aromatic N) is 1. The Kier molecular flexibility index (Phi) is 5.72. The predicted molar refractivity (Wildman–Crippen MR) is 109 cm³/mol.